The first-order valence-corrected chi connectivity index (χ1v) is 4.91. The number of aromatic amines is 1. The molecule has 0 bridgehead atoms. The van der Waals surface area contributed by atoms with Crippen LogP contribution in [0.1, 0.15) is 25.5 Å². The molecule has 1 aromatic rings. The van der Waals surface area contributed by atoms with Gasteiger partial charge in [0.1, 0.15) is 0 Å². The van der Waals surface area contributed by atoms with Gasteiger partial charge < -0.3 is 5.73 Å². The van der Waals surface area contributed by atoms with Crippen LogP contribution in [0.3, 0.4) is 0 Å². The van der Waals surface area contributed by atoms with Crippen molar-refractivity contribution in [1.82, 2.24) is 10.2 Å². The molecule has 12 heavy (non-hydrogen) atoms. The minimum atomic E-state index is 0.176. The zero-order valence-electron chi connectivity index (χ0n) is 6.97. The highest BCUT2D eigenvalue weighted by molar-refractivity contribution is 9.10. The predicted molar refractivity (Wildman–Crippen MR) is 50.8 cm³/mol. The first-order chi connectivity index (χ1) is 5.67. The lowest BCUT2D eigenvalue weighted by Crippen LogP contribution is -2.32. The Kier molecular flexibility index (Phi) is 1.77. The van der Waals surface area contributed by atoms with E-state index in [4.69, 9.17) is 5.73 Å². The molecule has 1 aliphatic rings. The zero-order chi connectivity index (χ0) is 8.77. The lowest BCUT2D eigenvalue weighted by atomic mass is 9.95. The van der Waals surface area contributed by atoms with Gasteiger partial charge in [-0.3, -0.25) is 5.10 Å². The summed E-state index contributed by atoms with van der Waals surface area (Å²) in [5, 5.41) is 7.00. The minimum absolute atomic E-state index is 0.176. The van der Waals surface area contributed by atoms with Crippen LogP contribution in [0.2, 0.25) is 0 Å². The van der Waals surface area contributed by atoms with Gasteiger partial charge >= 0.3 is 0 Å². The standard InChI is InChI=1S/C8H12BrN3/c1-5(10)8(2-3-8)7-6(9)4-11-12-7/h4-5H,2-3,10H2,1H3,(H,11,12). The lowest BCUT2D eigenvalue weighted by molar-refractivity contribution is 0.539. The SMILES string of the molecule is CC(N)C1(c2[nH]ncc2Br)CC1. The Bertz CT molecular complexity index is 288. The van der Waals surface area contributed by atoms with Crippen LogP contribution in [0.25, 0.3) is 0 Å². The Morgan fingerprint density at radius 1 is 1.75 bits per heavy atom. The van der Waals surface area contributed by atoms with Gasteiger partial charge in [-0.25, -0.2) is 0 Å². The van der Waals surface area contributed by atoms with Crippen molar-refractivity contribution in [2.75, 3.05) is 0 Å². The molecule has 1 unspecified atom stereocenters. The van der Waals surface area contributed by atoms with Gasteiger partial charge in [-0.15, -0.1) is 0 Å². The Morgan fingerprint density at radius 3 is 2.75 bits per heavy atom. The Balaban J connectivity index is 2.36. The summed E-state index contributed by atoms with van der Waals surface area (Å²) >= 11 is 3.46. The summed E-state index contributed by atoms with van der Waals surface area (Å²) < 4.78 is 1.05. The maximum absolute atomic E-state index is 5.92. The molecule has 0 aromatic carbocycles. The van der Waals surface area contributed by atoms with Crippen LogP contribution in [0.4, 0.5) is 0 Å². The highest BCUT2D eigenvalue weighted by Gasteiger charge is 2.49. The van der Waals surface area contributed by atoms with Gasteiger partial charge in [0.25, 0.3) is 0 Å². The van der Waals surface area contributed by atoms with Crippen LogP contribution >= 0.6 is 15.9 Å². The van der Waals surface area contributed by atoms with Crippen LogP contribution in [0.15, 0.2) is 10.7 Å². The minimum Gasteiger partial charge on any atom is -0.327 e. The number of hydrogen-bond donors (Lipinski definition) is 2. The number of nitrogens with one attached hydrogen (secondary N) is 1. The van der Waals surface area contributed by atoms with E-state index in [-0.39, 0.29) is 11.5 Å². The van der Waals surface area contributed by atoms with Crippen molar-refractivity contribution in [3.05, 3.63) is 16.4 Å². The maximum Gasteiger partial charge on any atom is 0.0632 e. The Morgan fingerprint density at radius 2 is 2.42 bits per heavy atom. The van der Waals surface area contributed by atoms with Crippen molar-refractivity contribution >= 4 is 15.9 Å². The number of nitrogens with two attached hydrogens (primary N) is 1. The number of halogens is 1. The number of hydrogen-bond acceptors (Lipinski definition) is 2. The molecule has 3 nitrogen and oxygen atoms in total. The molecule has 1 aliphatic carbocycles. The van der Waals surface area contributed by atoms with Gasteiger partial charge in [0.05, 0.1) is 16.4 Å². The molecule has 0 saturated heterocycles. The monoisotopic (exact) mass is 229 g/mol. The molecule has 66 valence electrons. The molecule has 4 heteroatoms. The van der Waals surface area contributed by atoms with Crippen molar-refractivity contribution in [2.24, 2.45) is 5.73 Å². The van der Waals surface area contributed by atoms with Gasteiger partial charge in [-0.1, -0.05) is 0 Å². The van der Waals surface area contributed by atoms with Gasteiger partial charge in [-0.2, -0.15) is 5.10 Å². The number of H-pyrrole nitrogens is 1. The van der Waals surface area contributed by atoms with Crippen molar-refractivity contribution < 1.29 is 0 Å². The van der Waals surface area contributed by atoms with Gasteiger partial charge in [0.2, 0.25) is 0 Å². The molecule has 1 fully saturated rings. The molecule has 1 atom stereocenters. The van der Waals surface area contributed by atoms with Gasteiger partial charge in [0, 0.05) is 11.5 Å². The summed E-state index contributed by atoms with van der Waals surface area (Å²) in [7, 11) is 0. The number of rotatable bonds is 2. The van der Waals surface area contributed by atoms with Crippen LogP contribution in [0.5, 0.6) is 0 Å². The van der Waals surface area contributed by atoms with E-state index in [0.29, 0.717) is 0 Å². The third kappa shape index (κ3) is 1.02. The van der Waals surface area contributed by atoms with Crippen LogP contribution in [-0.4, -0.2) is 16.2 Å². The summed E-state index contributed by atoms with van der Waals surface area (Å²) in [5.74, 6) is 0. The van der Waals surface area contributed by atoms with E-state index in [1.165, 1.54) is 12.8 Å². The fourth-order valence-corrected chi connectivity index (χ4v) is 2.27. The highest BCUT2D eigenvalue weighted by Crippen LogP contribution is 2.51. The van der Waals surface area contributed by atoms with Crippen molar-refractivity contribution in [1.29, 1.82) is 0 Å². The van der Waals surface area contributed by atoms with Crippen LogP contribution in [-0.2, 0) is 5.41 Å². The Hall–Kier alpha value is -0.350. The van der Waals surface area contributed by atoms with E-state index in [0.717, 1.165) is 10.2 Å². The first kappa shape index (κ1) is 8.26. The van der Waals surface area contributed by atoms with Crippen LogP contribution < -0.4 is 5.73 Å². The number of aromatic nitrogens is 2. The zero-order valence-corrected chi connectivity index (χ0v) is 8.56. The molecule has 3 N–H and O–H groups in total. The van der Waals surface area contributed by atoms with Crippen molar-refractivity contribution in [3.63, 3.8) is 0 Å². The van der Waals surface area contributed by atoms with E-state index >= 15 is 0 Å². The second kappa shape index (κ2) is 2.57. The van der Waals surface area contributed by atoms with Gasteiger partial charge in [-0.05, 0) is 35.7 Å². The summed E-state index contributed by atoms with van der Waals surface area (Å²) in [6.07, 6.45) is 4.13. The molecule has 0 aliphatic heterocycles. The van der Waals surface area contributed by atoms with Gasteiger partial charge in [0.15, 0.2) is 0 Å². The quantitative estimate of drug-likeness (QED) is 0.809. The Labute approximate surface area is 79.9 Å². The molecular weight excluding hydrogens is 218 g/mol. The third-order valence-corrected chi connectivity index (χ3v) is 3.35. The fourth-order valence-electron chi connectivity index (χ4n) is 1.69. The molecule has 1 heterocycles. The summed E-state index contributed by atoms with van der Waals surface area (Å²) in [6, 6.07) is 0.203. The summed E-state index contributed by atoms with van der Waals surface area (Å²) in [4.78, 5) is 0. The second-order valence-corrected chi connectivity index (χ2v) is 4.39. The van der Waals surface area contributed by atoms with E-state index in [2.05, 4.69) is 33.1 Å². The van der Waals surface area contributed by atoms with E-state index < -0.39 is 0 Å². The smallest absolute Gasteiger partial charge is 0.0632 e. The normalized spacial score (nSPS) is 22.2. The molecule has 0 spiro atoms. The summed E-state index contributed by atoms with van der Waals surface area (Å²) in [5.41, 5.74) is 7.26. The second-order valence-electron chi connectivity index (χ2n) is 3.54. The number of nitrogens with zero attached hydrogens (tertiary/aromatic N) is 1. The van der Waals surface area contributed by atoms with Crippen molar-refractivity contribution in [3.8, 4) is 0 Å². The third-order valence-electron chi connectivity index (χ3n) is 2.75. The molecule has 0 radical (unpaired) electrons. The van der Waals surface area contributed by atoms with E-state index in [9.17, 15) is 0 Å². The van der Waals surface area contributed by atoms with Crippen LogP contribution in [0, 0.1) is 0 Å². The molecular formula is C8H12BrN3. The predicted octanol–water partition coefficient (Wildman–Crippen LogP) is 1.55. The molecule has 1 aromatic heterocycles. The fraction of sp³-hybridized carbons (Fsp3) is 0.625. The maximum atomic E-state index is 5.92. The van der Waals surface area contributed by atoms with Crippen molar-refractivity contribution in [2.45, 2.75) is 31.2 Å². The lowest BCUT2D eigenvalue weighted by Gasteiger charge is -2.17. The average Bonchev–Trinajstić information content (AvgIpc) is 2.71. The topological polar surface area (TPSA) is 54.7 Å². The first-order valence-electron chi connectivity index (χ1n) is 4.12. The molecule has 2 rings (SSSR count). The molecule has 0 amide bonds. The average molecular weight is 230 g/mol. The van der Waals surface area contributed by atoms with E-state index in [1.807, 2.05) is 0 Å². The summed E-state index contributed by atoms with van der Waals surface area (Å²) in [6.45, 7) is 2.06. The molecule has 1 saturated carbocycles. The van der Waals surface area contributed by atoms with E-state index in [1.54, 1.807) is 6.20 Å². The largest absolute Gasteiger partial charge is 0.327 e. The highest BCUT2D eigenvalue weighted by atomic mass is 79.9.